The molecule has 20 heavy (non-hydrogen) atoms. The van der Waals surface area contributed by atoms with Gasteiger partial charge >= 0.3 is 0 Å². The maximum absolute atomic E-state index is 13.2. The van der Waals surface area contributed by atoms with E-state index < -0.39 is 9.05 Å². The van der Waals surface area contributed by atoms with Gasteiger partial charge in [-0.2, -0.15) is 0 Å². The minimum Gasteiger partial charge on any atom is -0.338 e. The Morgan fingerprint density at radius 3 is 2.80 bits per heavy atom. The average molecular weight is 320 g/mol. The van der Waals surface area contributed by atoms with Crippen molar-refractivity contribution in [2.75, 3.05) is 12.3 Å². The second kappa shape index (κ2) is 5.69. The number of rotatable bonds is 4. The van der Waals surface area contributed by atoms with Gasteiger partial charge in [0.2, 0.25) is 15.0 Å². The minimum atomic E-state index is -3.61. The van der Waals surface area contributed by atoms with Crippen LogP contribution in [0.1, 0.15) is 17.5 Å². The summed E-state index contributed by atoms with van der Waals surface area (Å²) in [6.45, 7) is 2.47. The predicted molar refractivity (Wildman–Crippen MR) is 74.3 cm³/mol. The molecule has 0 aromatic heterocycles. The van der Waals surface area contributed by atoms with E-state index in [1.165, 1.54) is 12.1 Å². The molecular weight excluding hydrogens is 305 g/mol. The third-order valence-electron chi connectivity index (χ3n) is 3.40. The van der Waals surface area contributed by atoms with Crippen molar-refractivity contribution in [2.45, 2.75) is 19.9 Å². The van der Waals surface area contributed by atoms with Gasteiger partial charge in [0.1, 0.15) is 5.82 Å². The van der Waals surface area contributed by atoms with Crippen molar-refractivity contribution in [1.29, 1.82) is 0 Å². The highest BCUT2D eigenvalue weighted by atomic mass is 35.7. The van der Waals surface area contributed by atoms with Gasteiger partial charge in [0.15, 0.2) is 0 Å². The number of halogens is 2. The van der Waals surface area contributed by atoms with Crippen LogP contribution in [0.3, 0.4) is 0 Å². The summed E-state index contributed by atoms with van der Waals surface area (Å²) in [5.41, 5.74) is 1.63. The number of hydrogen-bond donors (Lipinski definition) is 0. The molecule has 0 radical (unpaired) electrons. The number of nitrogens with zero attached hydrogens (tertiary/aromatic N) is 1. The Bertz CT molecular complexity index is 633. The number of aryl methyl sites for hydroxylation is 1. The number of likely N-dealkylation sites (tertiary alicyclic amines) is 1. The van der Waals surface area contributed by atoms with Gasteiger partial charge in [-0.25, -0.2) is 12.8 Å². The van der Waals surface area contributed by atoms with Crippen molar-refractivity contribution in [2.24, 2.45) is 5.92 Å². The summed E-state index contributed by atoms with van der Waals surface area (Å²) in [4.78, 5) is 13.4. The lowest BCUT2D eigenvalue weighted by molar-refractivity contribution is -0.128. The van der Waals surface area contributed by atoms with Gasteiger partial charge in [-0.1, -0.05) is 6.07 Å². The normalized spacial score (nSPS) is 19.6. The van der Waals surface area contributed by atoms with Crippen molar-refractivity contribution in [3.8, 4) is 0 Å². The zero-order chi connectivity index (χ0) is 14.9. The Balaban J connectivity index is 2.07. The summed E-state index contributed by atoms with van der Waals surface area (Å²) >= 11 is 0. The molecule has 2 rings (SSSR count). The van der Waals surface area contributed by atoms with Gasteiger partial charge in [0.25, 0.3) is 0 Å². The Labute approximate surface area is 121 Å². The van der Waals surface area contributed by atoms with E-state index in [9.17, 15) is 17.6 Å². The third-order valence-corrected chi connectivity index (χ3v) is 4.65. The van der Waals surface area contributed by atoms with Crippen LogP contribution in [0.25, 0.3) is 0 Å². The average Bonchev–Trinajstić information content (AvgIpc) is 2.62. The molecule has 1 aromatic rings. The molecule has 0 aliphatic carbocycles. The highest BCUT2D eigenvalue weighted by molar-refractivity contribution is 8.13. The Morgan fingerprint density at radius 2 is 2.15 bits per heavy atom. The first-order valence-electron chi connectivity index (χ1n) is 6.20. The first-order chi connectivity index (χ1) is 9.24. The minimum absolute atomic E-state index is 0.126. The van der Waals surface area contributed by atoms with Crippen molar-refractivity contribution in [1.82, 2.24) is 4.90 Å². The predicted octanol–water partition coefficient (Wildman–Crippen LogP) is 2.05. The lowest BCUT2D eigenvalue weighted by Crippen LogP contribution is -2.25. The van der Waals surface area contributed by atoms with Gasteiger partial charge in [-0.05, 0) is 30.2 Å². The Hall–Kier alpha value is -1.14. The van der Waals surface area contributed by atoms with Gasteiger partial charge < -0.3 is 4.90 Å². The van der Waals surface area contributed by atoms with Crippen molar-refractivity contribution in [3.63, 3.8) is 0 Å². The zero-order valence-electron chi connectivity index (χ0n) is 11.0. The molecule has 110 valence electrons. The second-order valence-corrected chi connectivity index (χ2v) is 7.94. The van der Waals surface area contributed by atoms with Crippen LogP contribution >= 0.6 is 10.7 Å². The molecule has 1 atom stereocenters. The van der Waals surface area contributed by atoms with E-state index in [0.717, 1.165) is 11.1 Å². The Kier molecular flexibility index (Phi) is 4.34. The summed E-state index contributed by atoms with van der Waals surface area (Å²) in [7, 11) is 1.60. The molecular formula is C13H15ClFNO3S. The largest absolute Gasteiger partial charge is 0.338 e. The number of benzene rings is 1. The van der Waals surface area contributed by atoms with E-state index in [0.29, 0.717) is 13.1 Å². The molecule has 1 heterocycles. The zero-order valence-corrected chi connectivity index (χ0v) is 12.5. The first-order valence-corrected chi connectivity index (χ1v) is 8.67. The lowest BCUT2D eigenvalue weighted by atomic mass is 10.1. The first kappa shape index (κ1) is 15.3. The molecule has 0 bridgehead atoms. The molecule has 1 fully saturated rings. The summed E-state index contributed by atoms with van der Waals surface area (Å²) in [5.74, 6) is -0.978. The second-order valence-electron chi connectivity index (χ2n) is 5.12. The standard InChI is InChI=1S/C13H15ClFNO3S/c1-9-2-3-12(15)5-11(9)7-16-6-10(4-13(16)17)8-20(14,18)19/h2-3,5,10H,4,6-8H2,1H3. The SMILES string of the molecule is Cc1ccc(F)cc1CN1CC(CS(=O)(=O)Cl)CC1=O. The lowest BCUT2D eigenvalue weighted by Gasteiger charge is -2.18. The number of amides is 1. The highest BCUT2D eigenvalue weighted by Crippen LogP contribution is 2.23. The summed E-state index contributed by atoms with van der Waals surface area (Å²) in [5, 5.41) is 0. The van der Waals surface area contributed by atoms with Crippen molar-refractivity contribution in [3.05, 3.63) is 35.1 Å². The van der Waals surface area contributed by atoms with Crippen molar-refractivity contribution < 1.29 is 17.6 Å². The van der Waals surface area contributed by atoms with Gasteiger partial charge in [-0.3, -0.25) is 4.79 Å². The van der Waals surface area contributed by atoms with Gasteiger partial charge in [-0.15, -0.1) is 0 Å². The Morgan fingerprint density at radius 1 is 1.45 bits per heavy atom. The molecule has 7 heteroatoms. The van der Waals surface area contributed by atoms with Crippen LogP contribution in [0.15, 0.2) is 18.2 Å². The summed E-state index contributed by atoms with van der Waals surface area (Å²) in [6.07, 6.45) is 0.167. The molecule has 0 N–H and O–H groups in total. The fourth-order valence-electron chi connectivity index (χ4n) is 2.42. The number of carbonyl (C=O) groups is 1. The maximum Gasteiger partial charge on any atom is 0.232 e. The van der Waals surface area contributed by atoms with E-state index in [-0.39, 0.29) is 29.8 Å². The summed E-state index contributed by atoms with van der Waals surface area (Å²) in [6, 6.07) is 4.42. The smallest absolute Gasteiger partial charge is 0.232 e. The van der Waals surface area contributed by atoms with E-state index >= 15 is 0 Å². The summed E-state index contributed by atoms with van der Waals surface area (Å²) < 4.78 is 35.3. The number of carbonyl (C=O) groups excluding carboxylic acids is 1. The molecule has 0 saturated carbocycles. The molecule has 1 aliphatic rings. The van der Waals surface area contributed by atoms with Crippen LogP contribution in [0.5, 0.6) is 0 Å². The molecule has 0 spiro atoms. The topological polar surface area (TPSA) is 54.5 Å². The van der Waals surface area contributed by atoms with Crippen LogP contribution in [-0.4, -0.2) is 31.5 Å². The quantitative estimate of drug-likeness (QED) is 0.798. The van der Waals surface area contributed by atoms with E-state index in [1.54, 1.807) is 11.0 Å². The molecule has 1 saturated heterocycles. The van der Waals surface area contributed by atoms with Crippen molar-refractivity contribution >= 4 is 25.6 Å². The van der Waals surface area contributed by atoms with Crippen LogP contribution in [0.2, 0.25) is 0 Å². The molecule has 1 unspecified atom stereocenters. The van der Waals surface area contributed by atoms with Crippen LogP contribution in [0, 0.1) is 18.7 Å². The molecule has 1 aromatic carbocycles. The van der Waals surface area contributed by atoms with Gasteiger partial charge in [0.05, 0.1) is 5.75 Å². The monoisotopic (exact) mass is 319 g/mol. The molecule has 4 nitrogen and oxygen atoms in total. The van der Waals surface area contributed by atoms with Crippen LogP contribution in [0.4, 0.5) is 4.39 Å². The van der Waals surface area contributed by atoms with Crippen LogP contribution < -0.4 is 0 Å². The number of hydrogen-bond acceptors (Lipinski definition) is 3. The van der Waals surface area contributed by atoms with E-state index in [1.807, 2.05) is 6.92 Å². The van der Waals surface area contributed by atoms with E-state index in [4.69, 9.17) is 10.7 Å². The fourth-order valence-corrected chi connectivity index (χ4v) is 3.74. The van der Waals surface area contributed by atoms with E-state index in [2.05, 4.69) is 0 Å². The molecule has 1 amide bonds. The highest BCUT2D eigenvalue weighted by Gasteiger charge is 2.32. The van der Waals surface area contributed by atoms with Crippen LogP contribution in [-0.2, 0) is 20.4 Å². The maximum atomic E-state index is 13.2. The fraction of sp³-hybridized carbons (Fsp3) is 0.462. The van der Waals surface area contributed by atoms with Gasteiger partial charge in [0, 0.05) is 36.1 Å². The third kappa shape index (κ3) is 3.93. The molecule has 1 aliphatic heterocycles.